The molecule has 2 aromatic rings. The van der Waals surface area contributed by atoms with Crippen molar-refractivity contribution in [1.29, 1.82) is 0 Å². The third kappa shape index (κ3) is 2.84. The zero-order valence-corrected chi connectivity index (χ0v) is 11.9. The van der Waals surface area contributed by atoms with Crippen molar-refractivity contribution in [1.82, 2.24) is 10.5 Å². The van der Waals surface area contributed by atoms with E-state index in [9.17, 15) is 4.79 Å². The molecule has 2 heterocycles. The third-order valence-electron chi connectivity index (χ3n) is 3.02. The molecule has 2 rings (SSSR count). The summed E-state index contributed by atoms with van der Waals surface area (Å²) < 4.78 is 10.4. The van der Waals surface area contributed by atoms with Gasteiger partial charge in [0.15, 0.2) is 11.5 Å². The molecule has 1 atom stereocenters. The van der Waals surface area contributed by atoms with Crippen molar-refractivity contribution in [2.45, 2.75) is 39.7 Å². The predicted molar refractivity (Wildman–Crippen MR) is 75.2 cm³/mol. The molecule has 2 aromatic heterocycles. The first-order chi connectivity index (χ1) is 9.52. The van der Waals surface area contributed by atoms with Crippen LogP contribution in [0.3, 0.4) is 0 Å². The minimum atomic E-state index is -0.297. The summed E-state index contributed by atoms with van der Waals surface area (Å²) in [6.45, 7) is 5.82. The molecule has 0 bridgehead atoms. The molecule has 6 heteroatoms. The monoisotopic (exact) mass is 277 g/mol. The number of nitrogens with one attached hydrogen (secondary N) is 1. The van der Waals surface area contributed by atoms with Crippen LogP contribution in [0.1, 0.15) is 42.8 Å². The molecule has 0 aliphatic heterocycles. The maximum absolute atomic E-state index is 12.3. The van der Waals surface area contributed by atoms with Crippen LogP contribution in [-0.4, -0.2) is 17.1 Å². The van der Waals surface area contributed by atoms with Gasteiger partial charge in [-0.1, -0.05) is 18.5 Å². The second-order valence-corrected chi connectivity index (χ2v) is 4.84. The standard InChI is InChI=1S/C14H19N3O3/c1-4-5-8(2)16-14(18)11-12(17-20-13(11)15)10-7-6-9(3)19-10/h6-8H,4-5,15H2,1-3H3,(H,16,18). The summed E-state index contributed by atoms with van der Waals surface area (Å²) in [7, 11) is 0. The molecule has 20 heavy (non-hydrogen) atoms. The van der Waals surface area contributed by atoms with Crippen LogP contribution in [0.25, 0.3) is 11.5 Å². The maximum Gasteiger partial charge on any atom is 0.259 e. The van der Waals surface area contributed by atoms with E-state index < -0.39 is 0 Å². The van der Waals surface area contributed by atoms with Gasteiger partial charge in [0.25, 0.3) is 5.91 Å². The number of aromatic nitrogens is 1. The lowest BCUT2D eigenvalue weighted by Gasteiger charge is -2.12. The number of rotatable bonds is 5. The maximum atomic E-state index is 12.3. The van der Waals surface area contributed by atoms with Gasteiger partial charge in [-0.05, 0) is 32.4 Å². The Morgan fingerprint density at radius 1 is 1.50 bits per heavy atom. The SMILES string of the molecule is CCCC(C)NC(=O)c1c(-c2ccc(C)o2)noc1N. The molecule has 0 fully saturated rings. The number of hydrogen-bond donors (Lipinski definition) is 2. The van der Waals surface area contributed by atoms with Gasteiger partial charge in [0.05, 0.1) is 0 Å². The summed E-state index contributed by atoms with van der Waals surface area (Å²) in [5.41, 5.74) is 6.26. The summed E-state index contributed by atoms with van der Waals surface area (Å²) in [5, 5.41) is 6.70. The molecule has 0 saturated heterocycles. The van der Waals surface area contributed by atoms with Crippen LogP contribution in [0.4, 0.5) is 5.88 Å². The average Bonchev–Trinajstić information content (AvgIpc) is 2.95. The molecule has 3 N–H and O–H groups in total. The number of amides is 1. The van der Waals surface area contributed by atoms with Gasteiger partial charge < -0.3 is 20.0 Å². The van der Waals surface area contributed by atoms with Crippen LogP contribution in [0, 0.1) is 6.92 Å². The lowest BCUT2D eigenvalue weighted by molar-refractivity contribution is 0.0939. The van der Waals surface area contributed by atoms with Gasteiger partial charge in [0, 0.05) is 6.04 Å². The fourth-order valence-corrected chi connectivity index (χ4v) is 2.05. The van der Waals surface area contributed by atoms with E-state index in [4.69, 9.17) is 14.7 Å². The number of carbonyl (C=O) groups excluding carboxylic acids is 1. The van der Waals surface area contributed by atoms with Crippen molar-refractivity contribution in [3.63, 3.8) is 0 Å². The van der Waals surface area contributed by atoms with Gasteiger partial charge in [0.2, 0.25) is 5.88 Å². The molecular formula is C14H19N3O3. The van der Waals surface area contributed by atoms with Crippen molar-refractivity contribution >= 4 is 11.8 Å². The second-order valence-electron chi connectivity index (χ2n) is 4.84. The molecule has 1 amide bonds. The normalized spacial score (nSPS) is 12.3. The van der Waals surface area contributed by atoms with E-state index in [0.29, 0.717) is 11.5 Å². The summed E-state index contributed by atoms with van der Waals surface area (Å²) in [4.78, 5) is 12.3. The molecule has 0 saturated carbocycles. The van der Waals surface area contributed by atoms with Crippen LogP contribution in [-0.2, 0) is 0 Å². The molecule has 0 spiro atoms. The average molecular weight is 277 g/mol. The Morgan fingerprint density at radius 2 is 2.25 bits per heavy atom. The summed E-state index contributed by atoms with van der Waals surface area (Å²) >= 11 is 0. The highest BCUT2D eigenvalue weighted by molar-refractivity contribution is 6.03. The smallest absolute Gasteiger partial charge is 0.259 e. The van der Waals surface area contributed by atoms with Crippen LogP contribution in [0.15, 0.2) is 21.1 Å². The van der Waals surface area contributed by atoms with Crippen LogP contribution >= 0.6 is 0 Å². The van der Waals surface area contributed by atoms with E-state index in [1.807, 2.05) is 13.8 Å². The summed E-state index contributed by atoms with van der Waals surface area (Å²) in [6.07, 6.45) is 1.89. The van der Waals surface area contributed by atoms with Crippen molar-refractivity contribution in [2.75, 3.05) is 5.73 Å². The highest BCUT2D eigenvalue weighted by Crippen LogP contribution is 2.28. The van der Waals surface area contributed by atoms with Crippen LogP contribution < -0.4 is 11.1 Å². The Hall–Kier alpha value is -2.24. The van der Waals surface area contributed by atoms with Gasteiger partial charge in [0.1, 0.15) is 11.3 Å². The van der Waals surface area contributed by atoms with Crippen molar-refractivity contribution < 1.29 is 13.7 Å². The van der Waals surface area contributed by atoms with Gasteiger partial charge in [-0.3, -0.25) is 4.79 Å². The number of anilines is 1. The van der Waals surface area contributed by atoms with E-state index in [2.05, 4.69) is 17.4 Å². The van der Waals surface area contributed by atoms with E-state index in [-0.39, 0.29) is 23.4 Å². The number of nitrogens with two attached hydrogens (primary N) is 1. The minimum Gasteiger partial charge on any atom is -0.460 e. The zero-order chi connectivity index (χ0) is 14.7. The van der Waals surface area contributed by atoms with Crippen molar-refractivity contribution in [2.24, 2.45) is 0 Å². The largest absolute Gasteiger partial charge is 0.460 e. The van der Waals surface area contributed by atoms with Gasteiger partial charge in [-0.15, -0.1) is 0 Å². The van der Waals surface area contributed by atoms with E-state index in [1.165, 1.54) is 0 Å². The van der Waals surface area contributed by atoms with Crippen LogP contribution in [0.2, 0.25) is 0 Å². The van der Waals surface area contributed by atoms with E-state index in [1.54, 1.807) is 12.1 Å². The Balaban J connectivity index is 2.27. The predicted octanol–water partition coefficient (Wildman–Crippen LogP) is 2.74. The molecule has 0 radical (unpaired) electrons. The highest BCUT2D eigenvalue weighted by atomic mass is 16.5. The van der Waals surface area contributed by atoms with E-state index >= 15 is 0 Å². The Kier molecular flexibility index (Phi) is 4.12. The molecule has 1 unspecified atom stereocenters. The fourth-order valence-electron chi connectivity index (χ4n) is 2.05. The molecule has 0 aliphatic carbocycles. The lowest BCUT2D eigenvalue weighted by Crippen LogP contribution is -2.32. The Bertz CT molecular complexity index is 601. The van der Waals surface area contributed by atoms with Gasteiger partial charge in [-0.2, -0.15) is 0 Å². The fraction of sp³-hybridized carbons (Fsp3) is 0.429. The quantitative estimate of drug-likeness (QED) is 0.876. The highest BCUT2D eigenvalue weighted by Gasteiger charge is 2.25. The number of aryl methyl sites for hydroxylation is 1. The topological polar surface area (TPSA) is 94.3 Å². The third-order valence-corrected chi connectivity index (χ3v) is 3.02. The molecule has 0 aromatic carbocycles. The lowest BCUT2D eigenvalue weighted by atomic mass is 10.1. The van der Waals surface area contributed by atoms with E-state index in [0.717, 1.165) is 18.6 Å². The number of nitrogen functional groups attached to an aromatic ring is 1. The first-order valence-corrected chi connectivity index (χ1v) is 6.65. The Labute approximate surface area is 117 Å². The van der Waals surface area contributed by atoms with Crippen molar-refractivity contribution in [3.05, 3.63) is 23.5 Å². The molecule has 0 aliphatic rings. The number of carbonyl (C=O) groups is 1. The van der Waals surface area contributed by atoms with Crippen molar-refractivity contribution in [3.8, 4) is 11.5 Å². The molecule has 108 valence electrons. The zero-order valence-electron chi connectivity index (χ0n) is 11.9. The molecule has 6 nitrogen and oxygen atoms in total. The first-order valence-electron chi connectivity index (χ1n) is 6.65. The number of hydrogen-bond acceptors (Lipinski definition) is 5. The van der Waals surface area contributed by atoms with Gasteiger partial charge in [-0.25, -0.2) is 0 Å². The first kappa shape index (κ1) is 14.2. The molecular weight excluding hydrogens is 258 g/mol. The Morgan fingerprint density at radius 3 is 2.85 bits per heavy atom. The summed E-state index contributed by atoms with van der Waals surface area (Å²) in [5.74, 6) is 0.896. The minimum absolute atomic E-state index is 0.00440. The second kappa shape index (κ2) is 5.81. The number of furan rings is 1. The summed E-state index contributed by atoms with van der Waals surface area (Å²) in [6, 6.07) is 3.59. The van der Waals surface area contributed by atoms with Gasteiger partial charge >= 0.3 is 0 Å². The number of nitrogens with zero attached hydrogens (tertiary/aromatic N) is 1. The van der Waals surface area contributed by atoms with Crippen LogP contribution in [0.5, 0.6) is 0 Å².